The van der Waals surface area contributed by atoms with Gasteiger partial charge in [-0.05, 0) is 58.1 Å². The van der Waals surface area contributed by atoms with E-state index in [1.807, 2.05) is 27.7 Å². The van der Waals surface area contributed by atoms with Gasteiger partial charge in [-0.15, -0.1) is 13.2 Å². The smallest absolute Gasteiger partial charge is 0.405 e. The molecule has 0 unspecified atom stereocenters. The Morgan fingerprint density at radius 1 is 1.10 bits per heavy atom. The van der Waals surface area contributed by atoms with Gasteiger partial charge >= 0.3 is 13.5 Å². The molecule has 0 spiro atoms. The molecule has 5 nitrogen and oxygen atoms in total. The summed E-state index contributed by atoms with van der Waals surface area (Å²) in [6.45, 7) is 7.52. The molecule has 0 bridgehead atoms. The van der Waals surface area contributed by atoms with Crippen LogP contribution >= 0.6 is 0 Å². The van der Waals surface area contributed by atoms with Crippen molar-refractivity contribution in [2.75, 3.05) is 0 Å². The van der Waals surface area contributed by atoms with Gasteiger partial charge in [-0.25, -0.2) is 0 Å². The van der Waals surface area contributed by atoms with E-state index in [2.05, 4.69) is 10.1 Å². The number of alkyl halides is 3. The van der Waals surface area contributed by atoms with Crippen molar-refractivity contribution in [2.45, 2.75) is 83.4 Å². The summed E-state index contributed by atoms with van der Waals surface area (Å²) in [6.07, 6.45) is -0.177. The molecule has 2 fully saturated rings. The van der Waals surface area contributed by atoms with Crippen LogP contribution in [0.15, 0.2) is 18.2 Å². The summed E-state index contributed by atoms with van der Waals surface area (Å²) in [5, 5.41) is 2.84. The van der Waals surface area contributed by atoms with Crippen LogP contribution < -0.4 is 15.5 Å². The van der Waals surface area contributed by atoms with E-state index in [4.69, 9.17) is 9.31 Å². The zero-order valence-corrected chi connectivity index (χ0v) is 17.2. The Kier molecular flexibility index (Phi) is 5.93. The van der Waals surface area contributed by atoms with Crippen LogP contribution in [0.25, 0.3) is 0 Å². The lowest BCUT2D eigenvalue weighted by molar-refractivity contribution is -0.274. The first-order chi connectivity index (χ1) is 13.4. The number of halogens is 3. The van der Waals surface area contributed by atoms with Crippen molar-refractivity contribution in [3.63, 3.8) is 0 Å². The lowest BCUT2D eigenvalue weighted by Gasteiger charge is -2.32. The van der Waals surface area contributed by atoms with E-state index in [1.54, 1.807) is 0 Å². The molecule has 3 rings (SSSR count). The van der Waals surface area contributed by atoms with Crippen molar-refractivity contribution in [1.82, 2.24) is 5.32 Å². The minimum Gasteiger partial charge on any atom is -0.405 e. The second kappa shape index (κ2) is 7.83. The Morgan fingerprint density at radius 3 is 2.24 bits per heavy atom. The lowest BCUT2D eigenvalue weighted by atomic mass is 9.78. The standard InChI is InChI=1S/C20H27BF3NO4/c1-18(2)19(3,4)29-21(28-18)13-10-11-16(27-20(22,23)24)15(12-13)17(26)25-14-8-6-5-7-9-14/h10-12,14H,5-9H2,1-4H3,(H,25,26). The molecule has 0 aromatic heterocycles. The van der Waals surface area contributed by atoms with Gasteiger partial charge in [0.15, 0.2) is 0 Å². The van der Waals surface area contributed by atoms with Gasteiger partial charge in [0.05, 0.1) is 16.8 Å². The topological polar surface area (TPSA) is 56.8 Å². The van der Waals surface area contributed by atoms with Gasteiger partial charge in [0.25, 0.3) is 5.91 Å². The van der Waals surface area contributed by atoms with Crippen LogP contribution in [0, 0.1) is 0 Å². The molecule has 0 atom stereocenters. The molecule has 0 radical (unpaired) electrons. The van der Waals surface area contributed by atoms with Crippen LogP contribution in [-0.4, -0.2) is 36.6 Å². The van der Waals surface area contributed by atoms with Gasteiger partial charge in [-0.3, -0.25) is 4.79 Å². The maximum absolute atomic E-state index is 12.8. The SMILES string of the molecule is CC1(C)OB(c2ccc(OC(F)(F)F)c(C(=O)NC3CCCCC3)c2)OC1(C)C. The minimum absolute atomic E-state index is 0.0458. The summed E-state index contributed by atoms with van der Waals surface area (Å²) in [6, 6.07) is 3.89. The van der Waals surface area contributed by atoms with Crippen molar-refractivity contribution in [1.29, 1.82) is 0 Å². The van der Waals surface area contributed by atoms with E-state index in [1.165, 1.54) is 12.1 Å². The van der Waals surface area contributed by atoms with E-state index in [0.29, 0.717) is 5.46 Å². The largest absolute Gasteiger partial charge is 0.573 e. The second-order valence-corrected chi connectivity index (χ2v) is 8.70. The van der Waals surface area contributed by atoms with Crippen molar-refractivity contribution in [3.8, 4) is 5.75 Å². The first-order valence-electron chi connectivity index (χ1n) is 9.94. The van der Waals surface area contributed by atoms with Crippen LogP contribution in [0.5, 0.6) is 5.75 Å². The molecule has 1 aliphatic heterocycles. The lowest BCUT2D eigenvalue weighted by Crippen LogP contribution is -2.41. The summed E-state index contributed by atoms with van der Waals surface area (Å²) < 4.78 is 54.6. The van der Waals surface area contributed by atoms with Crippen LogP contribution in [-0.2, 0) is 9.31 Å². The number of rotatable bonds is 4. The summed E-state index contributed by atoms with van der Waals surface area (Å²) in [5.41, 5.74) is -0.931. The number of carbonyl (C=O) groups is 1. The van der Waals surface area contributed by atoms with Gasteiger partial charge < -0.3 is 19.4 Å². The highest BCUT2D eigenvalue weighted by Crippen LogP contribution is 2.37. The molecular weight excluding hydrogens is 386 g/mol. The Balaban J connectivity index is 1.88. The molecule has 160 valence electrons. The van der Waals surface area contributed by atoms with E-state index in [9.17, 15) is 18.0 Å². The minimum atomic E-state index is -4.90. The van der Waals surface area contributed by atoms with Crippen LogP contribution in [0.3, 0.4) is 0 Å². The second-order valence-electron chi connectivity index (χ2n) is 8.70. The number of hydrogen-bond donors (Lipinski definition) is 1. The third kappa shape index (κ3) is 5.06. The zero-order valence-electron chi connectivity index (χ0n) is 17.2. The summed E-state index contributed by atoms with van der Waals surface area (Å²) in [4.78, 5) is 12.8. The molecule has 1 saturated carbocycles. The number of carbonyl (C=O) groups excluding carboxylic acids is 1. The molecule has 1 aromatic rings. The summed E-state index contributed by atoms with van der Waals surface area (Å²) in [7, 11) is -0.791. The maximum atomic E-state index is 12.8. The Bertz CT molecular complexity index is 745. The highest BCUT2D eigenvalue weighted by Gasteiger charge is 2.52. The Hall–Kier alpha value is -1.74. The molecular formula is C20H27BF3NO4. The van der Waals surface area contributed by atoms with Gasteiger partial charge in [0.2, 0.25) is 0 Å². The van der Waals surface area contributed by atoms with E-state index in [0.717, 1.165) is 38.2 Å². The fourth-order valence-corrected chi connectivity index (χ4v) is 3.57. The fourth-order valence-electron chi connectivity index (χ4n) is 3.57. The third-order valence-corrected chi connectivity index (χ3v) is 5.94. The van der Waals surface area contributed by atoms with Crippen molar-refractivity contribution >= 4 is 18.5 Å². The molecule has 1 N–H and O–H groups in total. The van der Waals surface area contributed by atoms with Gasteiger partial charge in [-0.1, -0.05) is 25.3 Å². The molecule has 1 aliphatic carbocycles. The van der Waals surface area contributed by atoms with Gasteiger partial charge in [-0.2, -0.15) is 0 Å². The molecule has 1 amide bonds. The Labute approximate surface area is 169 Å². The number of ether oxygens (including phenoxy) is 1. The van der Waals surface area contributed by atoms with E-state index < -0.39 is 36.3 Å². The predicted octanol–water partition coefficient (Wildman–Crippen LogP) is 3.95. The first kappa shape index (κ1) is 22.0. The average molecular weight is 413 g/mol. The normalized spacial score (nSPS) is 21.8. The molecule has 1 heterocycles. The average Bonchev–Trinajstić information content (AvgIpc) is 2.82. The number of hydrogen-bond acceptors (Lipinski definition) is 4. The monoisotopic (exact) mass is 413 g/mol. The Morgan fingerprint density at radius 2 is 1.69 bits per heavy atom. The predicted molar refractivity (Wildman–Crippen MR) is 103 cm³/mol. The van der Waals surface area contributed by atoms with Crippen LogP contribution in [0.4, 0.5) is 13.2 Å². The maximum Gasteiger partial charge on any atom is 0.573 e. The van der Waals surface area contributed by atoms with Crippen LogP contribution in [0.1, 0.15) is 70.2 Å². The van der Waals surface area contributed by atoms with Crippen molar-refractivity contribution in [2.24, 2.45) is 0 Å². The van der Waals surface area contributed by atoms with Crippen LogP contribution in [0.2, 0.25) is 0 Å². The van der Waals surface area contributed by atoms with Gasteiger partial charge in [0.1, 0.15) is 5.75 Å². The fraction of sp³-hybridized carbons (Fsp3) is 0.650. The molecule has 9 heteroatoms. The zero-order chi connectivity index (χ0) is 21.4. The van der Waals surface area contributed by atoms with E-state index >= 15 is 0 Å². The highest BCUT2D eigenvalue weighted by molar-refractivity contribution is 6.62. The summed E-state index contributed by atoms with van der Waals surface area (Å²) in [5.74, 6) is -1.12. The number of benzene rings is 1. The van der Waals surface area contributed by atoms with Gasteiger partial charge in [0, 0.05) is 6.04 Å². The molecule has 1 aromatic carbocycles. The molecule has 1 saturated heterocycles. The van der Waals surface area contributed by atoms with Crippen molar-refractivity contribution in [3.05, 3.63) is 23.8 Å². The van der Waals surface area contributed by atoms with Crippen molar-refractivity contribution < 1.29 is 32.0 Å². The molecule has 29 heavy (non-hydrogen) atoms. The summed E-state index contributed by atoms with van der Waals surface area (Å²) >= 11 is 0. The number of amides is 1. The quantitative estimate of drug-likeness (QED) is 0.760. The third-order valence-electron chi connectivity index (χ3n) is 5.94. The highest BCUT2D eigenvalue weighted by atomic mass is 19.4. The first-order valence-corrected chi connectivity index (χ1v) is 9.94. The molecule has 2 aliphatic rings. The number of nitrogens with one attached hydrogen (secondary N) is 1. The van der Waals surface area contributed by atoms with E-state index in [-0.39, 0.29) is 11.6 Å².